The molecule has 1 nitrogen and oxygen atoms in total. The zero-order valence-corrected chi connectivity index (χ0v) is 20.3. The van der Waals surface area contributed by atoms with Gasteiger partial charge >= 0.3 is 0 Å². The number of fused-ring (bicyclic) bond motifs is 5. The van der Waals surface area contributed by atoms with E-state index in [4.69, 9.17) is 11.6 Å². The molecule has 0 aliphatic heterocycles. The molecule has 1 heterocycles. The number of aromatic nitrogens is 1. The van der Waals surface area contributed by atoms with Gasteiger partial charge in [-0.15, -0.1) is 0 Å². The number of halogens is 1. The third-order valence-corrected chi connectivity index (χ3v) is 7.31. The minimum atomic E-state index is 0.736. The van der Waals surface area contributed by atoms with Gasteiger partial charge in [-0.25, -0.2) is 0 Å². The van der Waals surface area contributed by atoms with E-state index in [9.17, 15) is 0 Å². The van der Waals surface area contributed by atoms with E-state index in [1.807, 2.05) is 12.1 Å². The van der Waals surface area contributed by atoms with Crippen molar-refractivity contribution in [3.63, 3.8) is 0 Å². The minimum Gasteiger partial charge on any atom is -0.308 e. The highest BCUT2D eigenvalue weighted by Crippen LogP contribution is 2.42. The van der Waals surface area contributed by atoms with Crippen LogP contribution < -0.4 is 0 Å². The second kappa shape index (κ2) is 8.41. The number of hydrogen-bond acceptors (Lipinski definition) is 0. The molecule has 0 N–H and O–H groups in total. The van der Waals surface area contributed by atoms with Crippen molar-refractivity contribution < 1.29 is 0 Å². The van der Waals surface area contributed by atoms with E-state index in [-0.39, 0.29) is 0 Å². The van der Waals surface area contributed by atoms with Gasteiger partial charge in [-0.05, 0) is 46.3 Å². The number of benzene rings is 6. The predicted octanol–water partition coefficient (Wildman–Crippen LogP) is 9.92. The molecule has 0 bridgehead atoms. The topological polar surface area (TPSA) is 4.93 Å². The largest absolute Gasteiger partial charge is 0.308 e. The lowest BCUT2D eigenvalue weighted by Crippen LogP contribution is -1.99. The zero-order chi connectivity index (χ0) is 24.1. The Hall–Kier alpha value is -4.33. The van der Waals surface area contributed by atoms with Gasteiger partial charge in [0.15, 0.2) is 0 Å². The Kier molecular flexibility index (Phi) is 4.90. The fourth-order valence-electron chi connectivity index (χ4n) is 5.49. The van der Waals surface area contributed by atoms with E-state index in [2.05, 4.69) is 126 Å². The van der Waals surface area contributed by atoms with Crippen molar-refractivity contribution in [1.82, 2.24) is 4.57 Å². The van der Waals surface area contributed by atoms with E-state index in [1.54, 1.807) is 0 Å². The van der Waals surface area contributed by atoms with Crippen LogP contribution in [0.15, 0.2) is 133 Å². The second-order valence-electron chi connectivity index (χ2n) is 9.11. The number of hydrogen-bond donors (Lipinski definition) is 0. The normalized spacial score (nSPS) is 11.5. The first-order valence-corrected chi connectivity index (χ1v) is 12.5. The molecule has 0 unspecified atom stereocenters. The van der Waals surface area contributed by atoms with Crippen LogP contribution in [0.2, 0.25) is 5.02 Å². The summed E-state index contributed by atoms with van der Waals surface area (Å²) >= 11 is 6.31. The third kappa shape index (κ3) is 3.25. The molecule has 0 atom stereocenters. The first-order valence-electron chi connectivity index (χ1n) is 12.2. The Balaban J connectivity index is 1.68. The van der Waals surface area contributed by atoms with Crippen LogP contribution in [0.5, 0.6) is 0 Å². The Morgan fingerprint density at radius 3 is 2.03 bits per heavy atom. The molecule has 0 aliphatic carbocycles. The van der Waals surface area contributed by atoms with Crippen LogP contribution in [0.1, 0.15) is 0 Å². The maximum atomic E-state index is 6.31. The van der Waals surface area contributed by atoms with Gasteiger partial charge in [0.2, 0.25) is 0 Å². The van der Waals surface area contributed by atoms with Crippen molar-refractivity contribution in [2.24, 2.45) is 0 Å². The van der Waals surface area contributed by atoms with E-state index in [1.165, 1.54) is 49.3 Å². The van der Waals surface area contributed by atoms with Gasteiger partial charge in [0.25, 0.3) is 0 Å². The van der Waals surface area contributed by atoms with E-state index in [0.717, 1.165) is 16.3 Å². The molecule has 0 amide bonds. The maximum Gasteiger partial charge on any atom is 0.0619 e. The second-order valence-corrected chi connectivity index (χ2v) is 9.54. The first kappa shape index (κ1) is 21.0. The third-order valence-electron chi connectivity index (χ3n) is 7.06. The lowest BCUT2D eigenvalue weighted by molar-refractivity contribution is 1.19. The molecule has 36 heavy (non-hydrogen) atoms. The zero-order valence-electron chi connectivity index (χ0n) is 19.5. The van der Waals surface area contributed by atoms with Gasteiger partial charge in [-0.2, -0.15) is 0 Å². The number of rotatable bonds is 3. The average molecular weight is 480 g/mol. The van der Waals surface area contributed by atoms with E-state index in [0.29, 0.717) is 0 Å². The number of nitrogens with zero attached hydrogens (tertiary/aromatic N) is 1. The summed E-state index contributed by atoms with van der Waals surface area (Å²) in [5.41, 5.74) is 8.30. The Morgan fingerprint density at radius 1 is 0.472 bits per heavy atom. The highest BCUT2D eigenvalue weighted by Gasteiger charge is 2.20. The first-order chi connectivity index (χ1) is 17.8. The van der Waals surface area contributed by atoms with Gasteiger partial charge in [-0.1, -0.05) is 121 Å². The van der Waals surface area contributed by atoms with Gasteiger partial charge in [0.1, 0.15) is 0 Å². The highest BCUT2D eigenvalue weighted by molar-refractivity contribution is 6.30. The summed E-state index contributed by atoms with van der Waals surface area (Å²) in [6.45, 7) is 0. The van der Waals surface area contributed by atoms with Crippen LogP contribution >= 0.6 is 11.6 Å². The minimum absolute atomic E-state index is 0.736. The fourth-order valence-corrected chi connectivity index (χ4v) is 5.61. The summed E-state index contributed by atoms with van der Waals surface area (Å²) in [5, 5.41) is 5.74. The summed E-state index contributed by atoms with van der Waals surface area (Å²) in [7, 11) is 0. The SMILES string of the molecule is Clc1ccc(-c2c(-c3ccccc3)cccc2-n2c3ccccc3c3ccc4ccccc4c32)cc1. The van der Waals surface area contributed by atoms with Crippen LogP contribution in [0, 0.1) is 0 Å². The Morgan fingerprint density at radius 2 is 1.19 bits per heavy atom. The molecule has 170 valence electrons. The van der Waals surface area contributed by atoms with Crippen molar-refractivity contribution in [2.75, 3.05) is 0 Å². The van der Waals surface area contributed by atoms with Crippen LogP contribution in [-0.4, -0.2) is 4.57 Å². The summed E-state index contributed by atoms with van der Waals surface area (Å²) in [6, 6.07) is 47.3. The summed E-state index contributed by atoms with van der Waals surface area (Å²) < 4.78 is 2.45. The van der Waals surface area contributed by atoms with Crippen molar-refractivity contribution >= 4 is 44.2 Å². The molecule has 0 saturated carbocycles. The van der Waals surface area contributed by atoms with Gasteiger partial charge in [-0.3, -0.25) is 0 Å². The highest BCUT2D eigenvalue weighted by atomic mass is 35.5. The molecule has 0 radical (unpaired) electrons. The molecule has 0 spiro atoms. The fraction of sp³-hybridized carbons (Fsp3) is 0. The lowest BCUT2D eigenvalue weighted by atomic mass is 9.92. The molecule has 0 fully saturated rings. The molecule has 7 rings (SSSR count). The van der Waals surface area contributed by atoms with Crippen LogP contribution in [0.25, 0.3) is 60.5 Å². The standard InChI is InChI=1S/C34H22ClN/c35-26-20-17-25(18-21-26)33-27(23-9-2-1-3-10-23)14-8-16-32(33)36-31-15-7-6-13-29(31)30-22-19-24-11-4-5-12-28(24)34(30)36/h1-22H. The van der Waals surface area contributed by atoms with Crippen molar-refractivity contribution in [1.29, 1.82) is 0 Å². The molecule has 7 aromatic rings. The summed E-state index contributed by atoms with van der Waals surface area (Å²) in [6.07, 6.45) is 0. The Bertz CT molecular complexity index is 1880. The molecular weight excluding hydrogens is 458 g/mol. The lowest BCUT2D eigenvalue weighted by Gasteiger charge is -2.19. The van der Waals surface area contributed by atoms with Crippen molar-refractivity contribution in [3.8, 4) is 27.9 Å². The van der Waals surface area contributed by atoms with Crippen molar-refractivity contribution in [2.45, 2.75) is 0 Å². The molecule has 2 heteroatoms. The van der Waals surface area contributed by atoms with E-state index < -0.39 is 0 Å². The Labute approximate surface area is 214 Å². The molecule has 0 aliphatic rings. The predicted molar refractivity (Wildman–Crippen MR) is 154 cm³/mol. The molecule has 1 aromatic heterocycles. The van der Waals surface area contributed by atoms with E-state index >= 15 is 0 Å². The van der Waals surface area contributed by atoms with Gasteiger partial charge < -0.3 is 4.57 Å². The summed E-state index contributed by atoms with van der Waals surface area (Å²) in [4.78, 5) is 0. The smallest absolute Gasteiger partial charge is 0.0619 e. The van der Waals surface area contributed by atoms with Crippen LogP contribution in [0.4, 0.5) is 0 Å². The summed E-state index contributed by atoms with van der Waals surface area (Å²) in [5.74, 6) is 0. The van der Waals surface area contributed by atoms with Crippen molar-refractivity contribution in [3.05, 3.63) is 138 Å². The molecule has 0 saturated heterocycles. The van der Waals surface area contributed by atoms with Gasteiger partial charge in [0, 0.05) is 26.7 Å². The average Bonchev–Trinajstić information content (AvgIpc) is 3.28. The molecular formula is C34H22ClN. The van der Waals surface area contributed by atoms with Gasteiger partial charge in [0.05, 0.1) is 16.7 Å². The number of para-hydroxylation sites is 1. The monoisotopic (exact) mass is 479 g/mol. The van der Waals surface area contributed by atoms with Crippen LogP contribution in [-0.2, 0) is 0 Å². The maximum absolute atomic E-state index is 6.31. The van der Waals surface area contributed by atoms with Crippen LogP contribution in [0.3, 0.4) is 0 Å². The quantitative estimate of drug-likeness (QED) is 0.237. The molecule has 6 aromatic carbocycles.